The number of benzene rings is 3. The molecule has 6 aromatic heterocycles. The molecular formula is C48H45N9O3S3. The summed E-state index contributed by atoms with van der Waals surface area (Å²) < 4.78 is 3.36. The zero-order chi connectivity index (χ0) is 43.7. The summed E-state index contributed by atoms with van der Waals surface area (Å²) in [5.74, 6) is 0.0331. The van der Waals surface area contributed by atoms with Crippen LogP contribution in [0.25, 0.3) is 63.0 Å². The summed E-state index contributed by atoms with van der Waals surface area (Å²) >= 11 is 4.62. The summed E-state index contributed by atoms with van der Waals surface area (Å²) in [7, 11) is 0. The van der Waals surface area contributed by atoms with Crippen molar-refractivity contribution in [2.75, 3.05) is 35.6 Å². The van der Waals surface area contributed by atoms with E-state index in [1.165, 1.54) is 34.0 Å². The van der Waals surface area contributed by atoms with Gasteiger partial charge in [0.25, 0.3) is 17.7 Å². The molecule has 6 N–H and O–H groups in total. The van der Waals surface area contributed by atoms with Crippen molar-refractivity contribution in [2.24, 2.45) is 0 Å². The fourth-order valence-corrected chi connectivity index (χ4v) is 11.8. The number of nitrogens with zero attached hydrogens (tertiary/aromatic N) is 3. The van der Waals surface area contributed by atoms with Crippen LogP contribution in [0.4, 0.5) is 17.1 Å². The van der Waals surface area contributed by atoms with Crippen molar-refractivity contribution in [1.29, 1.82) is 0 Å². The lowest BCUT2D eigenvalue weighted by molar-refractivity contribution is 0.0940. The molecule has 0 saturated carbocycles. The number of rotatable bonds is 0. The van der Waals surface area contributed by atoms with E-state index < -0.39 is 0 Å². The van der Waals surface area contributed by atoms with Gasteiger partial charge in [-0.05, 0) is 96.1 Å². The van der Waals surface area contributed by atoms with Gasteiger partial charge >= 0.3 is 0 Å². The highest BCUT2D eigenvalue weighted by atomic mass is 32.1. The van der Waals surface area contributed by atoms with E-state index in [1.807, 2.05) is 77.9 Å². The van der Waals surface area contributed by atoms with Crippen LogP contribution in [-0.4, -0.2) is 70.4 Å². The van der Waals surface area contributed by atoms with E-state index in [0.717, 1.165) is 131 Å². The maximum absolute atomic E-state index is 12.3. The number of carbonyl (C=O) groups excluding carboxylic acids is 3. The summed E-state index contributed by atoms with van der Waals surface area (Å²) in [5, 5.41) is 26.0. The Morgan fingerprint density at radius 1 is 0.429 bits per heavy atom. The van der Waals surface area contributed by atoms with Gasteiger partial charge in [-0.15, -0.1) is 34.0 Å². The number of hydrogen-bond acceptors (Lipinski definition) is 12. The molecule has 0 bridgehead atoms. The smallest absolute Gasteiger partial charge is 0.263 e. The highest BCUT2D eigenvalue weighted by molar-refractivity contribution is 7.22. The van der Waals surface area contributed by atoms with Crippen LogP contribution < -0.4 is 31.9 Å². The number of aromatic nitrogens is 3. The summed E-state index contributed by atoms with van der Waals surface area (Å²) in [5.41, 5.74) is 8.79. The highest BCUT2D eigenvalue weighted by Crippen LogP contribution is 2.43. The zero-order valence-electron chi connectivity index (χ0n) is 35.6. The van der Waals surface area contributed by atoms with Gasteiger partial charge in [-0.2, -0.15) is 0 Å². The minimum absolute atomic E-state index is 0.0110. The second-order valence-corrected chi connectivity index (χ2v) is 19.7. The van der Waals surface area contributed by atoms with E-state index >= 15 is 0 Å². The first kappa shape index (κ1) is 40.6. The molecule has 9 heterocycles. The molecule has 3 aromatic carbocycles. The summed E-state index contributed by atoms with van der Waals surface area (Å²) in [6.07, 6.45) is 0. The number of aryl methyl sites for hydroxylation is 3. The van der Waals surface area contributed by atoms with E-state index in [9.17, 15) is 14.4 Å². The fraction of sp³-hybridized carbons (Fsp3) is 0.250. The highest BCUT2D eigenvalue weighted by Gasteiger charge is 2.27. The fourth-order valence-electron chi connectivity index (χ4n) is 8.48. The molecule has 0 fully saturated rings. The van der Waals surface area contributed by atoms with Gasteiger partial charge in [0.05, 0.1) is 33.6 Å². The summed E-state index contributed by atoms with van der Waals surface area (Å²) in [6, 6.07) is 25.0. The molecule has 0 spiro atoms. The van der Waals surface area contributed by atoms with Crippen molar-refractivity contribution >= 4 is 132 Å². The van der Waals surface area contributed by atoms with Gasteiger partial charge in [-0.25, -0.2) is 0 Å². The SMILES string of the molecule is Cc1ccc2c(ccc3sc4c(c32)NCC(C)NC4=O)n1.Cc1ccc2c(ccc3sc4c(c32)NC[C@@H](C)NC4=O)n1.Cc1ccc2c(ccc3sc4c(c32)NC[C@H](C)NC4=O)n1. The second kappa shape index (κ2) is 16.0. The number of carbonyl (C=O) groups is 3. The van der Waals surface area contributed by atoms with Gasteiger partial charge in [0.2, 0.25) is 0 Å². The molecule has 3 aliphatic heterocycles. The van der Waals surface area contributed by atoms with Crippen molar-refractivity contribution < 1.29 is 14.4 Å². The van der Waals surface area contributed by atoms with E-state index in [1.54, 1.807) is 0 Å². The van der Waals surface area contributed by atoms with Crippen LogP contribution in [0.3, 0.4) is 0 Å². The molecule has 1 unspecified atom stereocenters. The van der Waals surface area contributed by atoms with Gasteiger partial charge in [0, 0.05) is 101 Å². The van der Waals surface area contributed by atoms with Crippen molar-refractivity contribution in [2.45, 2.75) is 59.7 Å². The molecule has 3 atom stereocenters. The molecular weight excluding hydrogens is 847 g/mol. The summed E-state index contributed by atoms with van der Waals surface area (Å²) in [4.78, 5) is 53.0. The first-order chi connectivity index (χ1) is 30.4. The van der Waals surface area contributed by atoms with Crippen molar-refractivity contribution in [3.05, 3.63) is 105 Å². The number of hydrogen-bond donors (Lipinski definition) is 6. The topological polar surface area (TPSA) is 162 Å². The quantitative estimate of drug-likeness (QED) is 0.0871. The Morgan fingerprint density at radius 3 is 1.00 bits per heavy atom. The van der Waals surface area contributed by atoms with Crippen LogP contribution in [0.15, 0.2) is 72.8 Å². The molecule has 318 valence electrons. The number of nitrogens with one attached hydrogen (secondary N) is 6. The lowest BCUT2D eigenvalue weighted by atomic mass is 10.1. The molecule has 12 rings (SSSR count). The lowest BCUT2D eigenvalue weighted by Gasteiger charge is -2.10. The van der Waals surface area contributed by atoms with Crippen LogP contribution in [0, 0.1) is 20.8 Å². The number of anilines is 3. The number of pyridine rings is 3. The number of fused-ring (bicyclic) bond motifs is 15. The molecule has 9 aromatic rings. The van der Waals surface area contributed by atoms with E-state index in [4.69, 9.17) is 0 Å². The van der Waals surface area contributed by atoms with Gasteiger partial charge in [-0.1, -0.05) is 18.2 Å². The van der Waals surface area contributed by atoms with E-state index in [2.05, 4.69) is 83.3 Å². The molecule has 3 amide bonds. The van der Waals surface area contributed by atoms with Crippen molar-refractivity contribution in [3.8, 4) is 0 Å². The van der Waals surface area contributed by atoms with E-state index in [-0.39, 0.29) is 35.8 Å². The maximum atomic E-state index is 12.3. The molecule has 0 aliphatic carbocycles. The predicted octanol–water partition coefficient (Wildman–Crippen LogP) is 9.91. The number of thiophene rings is 3. The van der Waals surface area contributed by atoms with Crippen LogP contribution in [0.5, 0.6) is 0 Å². The van der Waals surface area contributed by atoms with Crippen LogP contribution in [0.1, 0.15) is 66.9 Å². The molecule has 3 aliphatic rings. The Hall–Kier alpha value is -6.42. The van der Waals surface area contributed by atoms with Crippen molar-refractivity contribution in [3.63, 3.8) is 0 Å². The average molecular weight is 892 g/mol. The Balaban J connectivity index is 0.000000112. The third-order valence-electron chi connectivity index (χ3n) is 11.5. The predicted molar refractivity (Wildman–Crippen MR) is 262 cm³/mol. The van der Waals surface area contributed by atoms with Crippen LogP contribution in [0.2, 0.25) is 0 Å². The van der Waals surface area contributed by atoms with Crippen LogP contribution >= 0.6 is 34.0 Å². The Morgan fingerprint density at radius 2 is 0.714 bits per heavy atom. The minimum Gasteiger partial charge on any atom is -0.381 e. The lowest BCUT2D eigenvalue weighted by Crippen LogP contribution is -2.34. The first-order valence-corrected chi connectivity index (χ1v) is 23.5. The minimum atomic E-state index is 0.0110. The van der Waals surface area contributed by atoms with Crippen molar-refractivity contribution in [1.82, 2.24) is 30.9 Å². The Bertz CT molecular complexity index is 3000. The van der Waals surface area contributed by atoms with Gasteiger partial charge < -0.3 is 31.9 Å². The third kappa shape index (κ3) is 7.43. The maximum Gasteiger partial charge on any atom is 0.263 e. The van der Waals surface area contributed by atoms with Gasteiger partial charge in [0.15, 0.2) is 0 Å². The van der Waals surface area contributed by atoms with Gasteiger partial charge in [0.1, 0.15) is 14.6 Å². The van der Waals surface area contributed by atoms with Gasteiger partial charge in [-0.3, -0.25) is 29.3 Å². The third-order valence-corrected chi connectivity index (χ3v) is 15.0. The number of amides is 3. The molecule has 12 nitrogen and oxygen atoms in total. The average Bonchev–Trinajstić information content (AvgIpc) is 3.87. The normalized spacial score (nSPS) is 18.2. The second-order valence-electron chi connectivity index (χ2n) is 16.6. The zero-order valence-corrected chi connectivity index (χ0v) is 38.0. The summed E-state index contributed by atoms with van der Waals surface area (Å²) in [6.45, 7) is 14.2. The molecule has 63 heavy (non-hydrogen) atoms. The molecule has 0 saturated heterocycles. The molecule has 0 radical (unpaired) electrons. The van der Waals surface area contributed by atoms with E-state index in [0.29, 0.717) is 0 Å². The Kier molecular flexibility index (Phi) is 10.4. The largest absolute Gasteiger partial charge is 0.381 e. The Labute approximate surface area is 374 Å². The monoisotopic (exact) mass is 891 g/mol. The standard InChI is InChI=1S/3C16H15N3OS/c3*1-8-3-4-10-11(18-8)5-6-12-13(10)14-15(21-12)16(20)19-9(2)7-17-14/h3*3-6,9,17H,7H2,1-2H3,(H,19,20)/t2*9-;/m10./s1. The first-order valence-electron chi connectivity index (χ1n) is 21.0. The molecule has 15 heteroatoms. The van der Waals surface area contributed by atoms with Crippen LogP contribution in [-0.2, 0) is 0 Å².